The number of benzene rings is 1. The van der Waals surface area contributed by atoms with Gasteiger partial charge in [-0.25, -0.2) is 9.82 Å². The molecule has 1 aliphatic rings. The van der Waals surface area contributed by atoms with E-state index < -0.39 is 0 Å². The molecule has 1 aromatic heterocycles. The molecule has 126 valence electrons. The third-order valence-electron chi connectivity index (χ3n) is 4.24. The summed E-state index contributed by atoms with van der Waals surface area (Å²) < 4.78 is 19.4. The first kappa shape index (κ1) is 16.2. The van der Waals surface area contributed by atoms with Crippen molar-refractivity contribution in [3.63, 3.8) is 0 Å². The molecule has 24 heavy (non-hydrogen) atoms. The molecule has 6 heteroatoms. The van der Waals surface area contributed by atoms with E-state index in [9.17, 15) is 9.18 Å². The van der Waals surface area contributed by atoms with Crippen LogP contribution in [0.15, 0.2) is 40.0 Å². The monoisotopic (exact) mass is 329 g/mol. The number of amides is 1. The van der Waals surface area contributed by atoms with Crippen LogP contribution in [0.5, 0.6) is 0 Å². The van der Waals surface area contributed by atoms with Crippen molar-refractivity contribution in [2.75, 3.05) is 18.0 Å². The van der Waals surface area contributed by atoms with Crippen LogP contribution in [0.2, 0.25) is 0 Å². The third kappa shape index (κ3) is 3.32. The highest BCUT2D eigenvalue weighted by Gasteiger charge is 2.17. The smallest absolute Gasteiger partial charge is 0.274 e. The highest BCUT2D eigenvalue weighted by atomic mass is 19.1. The second-order valence-corrected chi connectivity index (χ2v) is 5.89. The standard InChI is InChI=1S/C18H20FN3O2/c1-12(20-21-18(23)15-7-10-24-13(15)2)14-5-6-17(16(19)11-14)22-8-3-4-9-22/h5-7,10-11H,3-4,8-9H2,1-2H3,(H,21,23)/b20-12-. The number of halogens is 1. The number of nitrogens with zero attached hydrogens (tertiary/aromatic N) is 2. The van der Waals surface area contributed by atoms with Gasteiger partial charge in [0.15, 0.2) is 0 Å². The van der Waals surface area contributed by atoms with Crippen molar-refractivity contribution in [3.05, 3.63) is 53.2 Å². The Morgan fingerprint density at radius 2 is 2.04 bits per heavy atom. The normalized spacial score (nSPS) is 15.0. The molecular formula is C18H20FN3O2. The summed E-state index contributed by atoms with van der Waals surface area (Å²) in [7, 11) is 0. The molecule has 0 saturated carbocycles. The lowest BCUT2D eigenvalue weighted by atomic mass is 10.1. The van der Waals surface area contributed by atoms with Crippen molar-refractivity contribution in [2.45, 2.75) is 26.7 Å². The fourth-order valence-corrected chi connectivity index (χ4v) is 2.83. The van der Waals surface area contributed by atoms with Gasteiger partial charge in [0.05, 0.1) is 23.2 Å². The van der Waals surface area contributed by atoms with Crippen LogP contribution < -0.4 is 10.3 Å². The molecule has 2 heterocycles. The molecule has 1 fully saturated rings. The van der Waals surface area contributed by atoms with Gasteiger partial charge < -0.3 is 9.32 Å². The van der Waals surface area contributed by atoms with Crippen molar-refractivity contribution >= 4 is 17.3 Å². The number of carbonyl (C=O) groups excluding carboxylic acids is 1. The largest absolute Gasteiger partial charge is 0.469 e. The number of hydrogen-bond acceptors (Lipinski definition) is 4. The Balaban J connectivity index is 1.72. The molecule has 0 radical (unpaired) electrons. The van der Waals surface area contributed by atoms with Crippen molar-refractivity contribution in [3.8, 4) is 0 Å². The molecule has 1 aliphatic heterocycles. The predicted molar refractivity (Wildman–Crippen MR) is 91.0 cm³/mol. The molecule has 1 amide bonds. The zero-order valence-corrected chi connectivity index (χ0v) is 13.8. The topological polar surface area (TPSA) is 57.8 Å². The van der Waals surface area contributed by atoms with Gasteiger partial charge in [-0.2, -0.15) is 5.10 Å². The number of rotatable bonds is 4. The minimum atomic E-state index is -0.352. The number of hydrazone groups is 1. The van der Waals surface area contributed by atoms with Gasteiger partial charge in [0, 0.05) is 18.7 Å². The summed E-state index contributed by atoms with van der Waals surface area (Å²) >= 11 is 0. The zero-order chi connectivity index (χ0) is 17.1. The van der Waals surface area contributed by atoms with Gasteiger partial charge in [-0.1, -0.05) is 6.07 Å². The summed E-state index contributed by atoms with van der Waals surface area (Å²) in [5.41, 5.74) is 4.71. The first-order chi connectivity index (χ1) is 11.6. The highest BCUT2D eigenvalue weighted by Crippen LogP contribution is 2.24. The predicted octanol–water partition coefficient (Wildman–Crippen LogP) is 3.48. The Morgan fingerprint density at radius 3 is 2.67 bits per heavy atom. The van der Waals surface area contributed by atoms with Crippen molar-refractivity contribution < 1.29 is 13.6 Å². The Kier molecular flexibility index (Phi) is 4.64. The number of furan rings is 1. The van der Waals surface area contributed by atoms with Crippen LogP contribution >= 0.6 is 0 Å². The van der Waals surface area contributed by atoms with E-state index in [2.05, 4.69) is 15.4 Å². The van der Waals surface area contributed by atoms with Crippen LogP contribution in [0.4, 0.5) is 10.1 Å². The van der Waals surface area contributed by atoms with E-state index in [0.717, 1.165) is 25.9 Å². The molecule has 0 atom stereocenters. The summed E-state index contributed by atoms with van der Waals surface area (Å²) in [6, 6.07) is 6.64. The number of anilines is 1. The lowest BCUT2D eigenvalue weighted by Gasteiger charge is -2.18. The average Bonchev–Trinajstić information content (AvgIpc) is 3.23. The summed E-state index contributed by atoms with van der Waals surface area (Å²) in [4.78, 5) is 14.0. The summed E-state index contributed by atoms with van der Waals surface area (Å²) in [5, 5.41) is 4.05. The first-order valence-corrected chi connectivity index (χ1v) is 8.00. The molecule has 5 nitrogen and oxygen atoms in total. The van der Waals surface area contributed by atoms with Crippen molar-refractivity contribution in [2.24, 2.45) is 5.10 Å². The molecule has 1 aromatic carbocycles. The van der Waals surface area contributed by atoms with E-state index in [4.69, 9.17) is 4.42 Å². The first-order valence-electron chi connectivity index (χ1n) is 8.00. The molecule has 0 bridgehead atoms. The van der Waals surface area contributed by atoms with E-state index >= 15 is 0 Å². The number of hydrogen-bond donors (Lipinski definition) is 1. The van der Waals surface area contributed by atoms with Crippen LogP contribution in [0.1, 0.15) is 41.4 Å². The quantitative estimate of drug-likeness (QED) is 0.690. The Labute approximate surface area is 140 Å². The highest BCUT2D eigenvalue weighted by molar-refractivity contribution is 6.01. The third-order valence-corrected chi connectivity index (χ3v) is 4.24. The zero-order valence-electron chi connectivity index (χ0n) is 13.8. The van der Waals surface area contributed by atoms with E-state index in [0.29, 0.717) is 28.3 Å². The maximum Gasteiger partial charge on any atom is 0.274 e. The minimum absolute atomic E-state index is 0.263. The van der Waals surface area contributed by atoms with Crippen LogP contribution in [0.25, 0.3) is 0 Å². The second kappa shape index (κ2) is 6.86. The fraction of sp³-hybridized carbons (Fsp3) is 0.333. The van der Waals surface area contributed by atoms with Gasteiger partial charge in [0.2, 0.25) is 0 Å². The summed E-state index contributed by atoms with van der Waals surface area (Å²) in [6.07, 6.45) is 3.65. The number of aryl methyl sites for hydroxylation is 1. The second-order valence-electron chi connectivity index (χ2n) is 5.89. The summed E-state index contributed by atoms with van der Waals surface area (Å²) in [5.74, 6) is -0.0860. The Morgan fingerprint density at radius 1 is 1.29 bits per heavy atom. The maximum atomic E-state index is 14.3. The van der Waals surface area contributed by atoms with E-state index in [1.807, 2.05) is 6.07 Å². The van der Waals surface area contributed by atoms with Gasteiger partial charge in [0.25, 0.3) is 5.91 Å². The van der Waals surface area contributed by atoms with Crippen LogP contribution in [-0.2, 0) is 0 Å². The van der Waals surface area contributed by atoms with E-state index in [-0.39, 0.29) is 11.7 Å². The van der Waals surface area contributed by atoms with Crippen molar-refractivity contribution in [1.82, 2.24) is 5.43 Å². The number of carbonyl (C=O) groups is 1. The minimum Gasteiger partial charge on any atom is -0.469 e. The molecule has 0 aliphatic carbocycles. The van der Waals surface area contributed by atoms with Gasteiger partial charge >= 0.3 is 0 Å². The lowest BCUT2D eigenvalue weighted by Crippen LogP contribution is -2.20. The van der Waals surface area contributed by atoms with Crippen LogP contribution in [0, 0.1) is 12.7 Å². The van der Waals surface area contributed by atoms with E-state index in [1.165, 1.54) is 12.3 Å². The van der Waals surface area contributed by atoms with Crippen molar-refractivity contribution in [1.29, 1.82) is 0 Å². The van der Waals surface area contributed by atoms with Gasteiger partial charge in [0.1, 0.15) is 11.6 Å². The SMILES string of the molecule is C/C(=N/NC(=O)c1ccoc1C)c1ccc(N2CCCC2)c(F)c1. The molecule has 3 rings (SSSR count). The average molecular weight is 329 g/mol. The lowest BCUT2D eigenvalue weighted by molar-refractivity contribution is 0.0953. The Hall–Kier alpha value is -2.63. The number of nitrogens with one attached hydrogen (secondary N) is 1. The molecular weight excluding hydrogens is 309 g/mol. The van der Waals surface area contributed by atoms with Crippen LogP contribution in [-0.4, -0.2) is 24.7 Å². The molecule has 0 spiro atoms. The molecule has 1 saturated heterocycles. The van der Waals surface area contributed by atoms with Gasteiger partial charge in [-0.05, 0) is 44.9 Å². The maximum absolute atomic E-state index is 14.3. The molecule has 2 aromatic rings. The van der Waals surface area contributed by atoms with Gasteiger partial charge in [-0.15, -0.1) is 0 Å². The molecule has 0 unspecified atom stereocenters. The summed E-state index contributed by atoms with van der Waals surface area (Å²) in [6.45, 7) is 5.22. The van der Waals surface area contributed by atoms with Crippen LogP contribution in [0.3, 0.4) is 0 Å². The van der Waals surface area contributed by atoms with E-state index in [1.54, 1.807) is 26.0 Å². The molecule has 1 N–H and O–H groups in total. The van der Waals surface area contributed by atoms with Gasteiger partial charge in [-0.3, -0.25) is 4.79 Å². The Bertz CT molecular complexity index is 776. The fourth-order valence-electron chi connectivity index (χ4n) is 2.83.